The molecule has 0 fully saturated rings. The fraction of sp³-hybridized carbons (Fsp3) is 0.241. The van der Waals surface area contributed by atoms with Crippen LogP contribution in [0, 0.1) is 29.1 Å². The predicted octanol–water partition coefficient (Wildman–Crippen LogP) is 9.38. The van der Waals surface area contributed by atoms with Gasteiger partial charge in [-0.3, -0.25) is 0 Å². The smallest absolute Gasteiger partial charge is 0.159 e. The molecule has 176 valence electrons. The third-order valence-corrected chi connectivity index (χ3v) is 6.12. The summed E-state index contributed by atoms with van der Waals surface area (Å²) in [6.45, 7) is 2.13. The molecule has 0 unspecified atom stereocenters. The maximum Gasteiger partial charge on any atom is 0.159 e. The van der Waals surface area contributed by atoms with Gasteiger partial charge in [-0.1, -0.05) is 56.9 Å². The lowest BCUT2D eigenvalue weighted by Gasteiger charge is -2.11. The fourth-order valence-electron chi connectivity index (χ4n) is 4.29. The number of hydrogen-bond acceptors (Lipinski definition) is 0. The van der Waals surface area contributed by atoms with E-state index in [2.05, 4.69) is 6.92 Å². The molecule has 0 bridgehead atoms. The summed E-state index contributed by atoms with van der Waals surface area (Å²) in [5.74, 6) is -4.06. The van der Waals surface area contributed by atoms with Crippen LogP contribution in [0.2, 0.25) is 0 Å². The normalized spacial score (nSPS) is 11.4. The molecule has 5 heteroatoms. The third-order valence-electron chi connectivity index (χ3n) is 6.12. The van der Waals surface area contributed by atoms with Crippen molar-refractivity contribution in [3.8, 4) is 22.3 Å². The fourth-order valence-corrected chi connectivity index (χ4v) is 4.29. The van der Waals surface area contributed by atoms with Crippen LogP contribution >= 0.6 is 0 Å². The predicted molar refractivity (Wildman–Crippen MR) is 127 cm³/mol. The zero-order valence-corrected chi connectivity index (χ0v) is 18.9. The minimum Gasteiger partial charge on any atom is -0.206 e. The zero-order chi connectivity index (χ0) is 24.2. The Labute approximate surface area is 196 Å². The largest absolute Gasteiger partial charge is 0.206 e. The van der Waals surface area contributed by atoms with E-state index in [-0.39, 0.29) is 16.7 Å². The summed E-state index contributed by atoms with van der Waals surface area (Å²) in [5.41, 5.74) is 1.06. The number of fused-ring (bicyclic) bond motifs is 1. The number of unbranched alkanes of at least 4 members (excludes halogenated alkanes) is 4. The lowest BCUT2D eigenvalue weighted by atomic mass is 9.96. The molecule has 4 aromatic rings. The Balaban J connectivity index is 1.59. The summed E-state index contributed by atoms with van der Waals surface area (Å²) in [6.07, 6.45) is 5.86. The van der Waals surface area contributed by atoms with Crippen molar-refractivity contribution < 1.29 is 22.0 Å². The Morgan fingerprint density at radius 2 is 1.18 bits per heavy atom. The van der Waals surface area contributed by atoms with Crippen molar-refractivity contribution in [2.24, 2.45) is 0 Å². The van der Waals surface area contributed by atoms with Gasteiger partial charge in [0.1, 0.15) is 17.5 Å². The Kier molecular flexibility index (Phi) is 7.30. The molecule has 0 aromatic heterocycles. The lowest BCUT2D eigenvalue weighted by Crippen LogP contribution is -1.96. The van der Waals surface area contributed by atoms with Crippen molar-refractivity contribution in [1.29, 1.82) is 0 Å². The Morgan fingerprint density at radius 1 is 0.529 bits per heavy atom. The molecule has 0 aliphatic heterocycles. The summed E-state index contributed by atoms with van der Waals surface area (Å²) in [5, 5.41) is 0.900. The average molecular weight is 469 g/mol. The van der Waals surface area contributed by atoms with Crippen LogP contribution in [0.3, 0.4) is 0 Å². The van der Waals surface area contributed by atoms with E-state index in [1.807, 2.05) is 0 Å². The van der Waals surface area contributed by atoms with Gasteiger partial charge in [-0.2, -0.15) is 0 Å². The van der Waals surface area contributed by atoms with Crippen molar-refractivity contribution in [3.63, 3.8) is 0 Å². The molecule has 0 aliphatic rings. The van der Waals surface area contributed by atoms with E-state index in [0.717, 1.165) is 50.3 Å². The maximum atomic E-state index is 15.0. The number of benzene rings is 4. The second-order valence-electron chi connectivity index (χ2n) is 8.62. The van der Waals surface area contributed by atoms with Crippen LogP contribution in [-0.4, -0.2) is 0 Å². The first-order valence-electron chi connectivity index (χ1n) is 11.5. The molecule has 0 saturated carbocycles. The standard InChI is InChI=1S/C29H25F5/c1-2-3-4-5-6-7-18-12-27(33)29(28(34)13-18)21-10-11-23(24(30)16-21)20-9-8-19-15-25(31)26(32)17-22(19)14-20/h8-17H,2-7H2,1H3. The van der Waals surface area contributed by atoms with Gasteiger partial charge < -0.3 is 0 Å². The molecule has 0 saturated heterocycles. The molecule has 0 aliphatic carbocycles. The average Bonchev–Trinajstić information content (AvgIpc) is 2.79. The summed E-state index contributed by atoms with van der Waals surface area (Å²) in [7, 11) is 0. The highest BCUT2D eigenvalue weighted by Gasteiger charge is 2.16. The van der Waals surface area contributed by atoms with Crippen molar-refractivity contribution >= 4 is 10.8 Å². The van der Waals surface area contributed by atoms with Gasteiger partial charge >= 0.3 is 0 Å². The molecule has 34 heavy (non-hydrogen) atoms. The van der Waals surface area contributed by atoms with E-state index in [4.69, 9.17) is 0 Å². The highest BCUT2D eigenvalue weighted by Crippen LogP contribution is 2.33. The zero-order valence-electron chi connectivity index (χ0n) is 18.9. The van der Waals surface area contributed by atoms with E-state index in [1.54, 1.807) is 18.2 Å². The summed E-state index contributed by atoms with van der Waals surface area (Å²) >= 11 is 0. The van der Waals surface area contributed by atoms with E-state index >= 15 is 0 Å². The van der Waals surface area contributed by atoms with E-state index in [1.165, 1.54) is 24.3 Å². The molecule has 0 N–H and O–H groups in total. The summed E-state index contributed by atoms with van der Waals surface area (Å²) in [4.78, 5) is 0. The van der Waals surface area contributed by atoms with Gasteiger partial charge in [0.2, 0.25) is 0 Å². The van der Waals surface area contributed by atoms with Crippen LogP contribution in [0.15, 0.2) is 60.7 Å². The maximum absolute atomic E-state index is 15.0. The summed E-state index contributed by atoms with van der Waals surface area (Å²) < 4.78 is 71.6. The van der Waals surface area contributed by atoms with Gasteiger partial charge in [-0.25, -0.2) is 22.0 Å². The molecule has 0 spiro atoms. The van der Waals surface area contributed by atoms with Crippen LogP contribution in [-0.2, 0) is 6.42 Å². The van der Waals surface area contributed by atoms with Gasteiger partial charge in [0, 0.05) is 5.56 Å². The minimum absolute atomic E-state index is 0.0969. The van der Waals surface area contributed by atoms with Crippen LogP contribution in [0.4, 0.5) is 22.0 Å². The molecular formula is C29H25F5. The number of hydrogen-bond donors (Lipinski definition) is 0. The molecular weight excluding hydrogens is 443 g/mol. The molecule has 4 aromatic carbocycles. The SMILES string of the molecule is CCCCCCCc1cc(F)c(-c2ccc(-c3ccc4cc(F)c(F)cc4c3)c(F)c2)c(F)c1. The number of halogens is 5. The minimum atomic E-state index is -0.990. The van der Waals surface area contributed by atoms with Crippen LogP contribution in [0.5, 0.6) is 0 Å². The van der Waals surface area contributed by atoms with Crippen molar-refractivity contribution in [3.05, 3.63) is 95.3 Å². The van der Waals surface area contributed by atoms with Gasteiger partial charge in [0.15, 0.2) is 11.6 Å². The highest BCUT2D eigenvalue weighted by molar-refractivity contribution is 5.88. The van der Waals surface area contributed by atoms with Gasteiger partial charge in [-0.05, 0) is 76.7 Å². The van der Waals surface area contributed by atoms with Crippen LogP contribution < -0.4 is 0 Å². The Hall–Kier alpha value is -3.21. The lowest BCUT2D eigenvalue weighted by molar-refractivity contribution is 0.511. The monoisotopic (exact) mass is 468 g/mol. The van der Waals surface area contributed by atoms with Crippen molar-refractivity contribution in [1.82, 2.24) is 0 Å². The molecule has 0 amide bonds. The molecule has 0 radical (unpaired) electrons. The Bertz CT molecular complexity index is 1300. The van der Waals surface area contributed by atoms with Crippen molar-refractivity contribution in [2.45, 2.75) is 45.4 Å². The molecule has 0 nitrogen and oxygen atoms in total. The second-order valence-corrected chi connectivity index (χ2v) is 8.62. The quantitative estimate of drug-likeness (QED) is 0.178. The van der Waals surface area contributed by atoms with Gasteiger partial charge in [-0.15, -0.1) is 0 Å². The molecule has 4 rings (SSSR count). The second kappa shape index (κ2) is 10.4. The van der Waals surface area contributed by atoms with Gasteiger partial charge in [0.05, 0.1) is 5.56 Å². The van der Waals surface area contributed by atoms with E-state index < -0.39 is 29.1 Å². The van der Waals surface area contributed by atoms with Crippen molar-refractivity contribution in [2.75, 3.05) is 0 Å². The third kappa shape index (κ3) is 5.14. The first-order chi connectivity index (χ1) is 16.4. The van der Waals surface area contributed by atoms with Crippen LogP contribution in [0.1, 0.15) is 44.6 Å². The first-order valence-corrected chi connectivity index (χ1v) is 11.5. The summed E-state index contributed by atoms with van der Waals surface area (Å²) in [6, 6.07) is 13.5. The van der Waals surface area contributed by atoms with E-state index in [0.29, 0.717) is 28.3 Å². The van der Waals surface area contributed by atoms with Crippen LogP contribution in [0.25, 0.3) is 33.0 Å². The molecule has 0 heterocycles. The Morgan fingerprint density at radius 3 is 1.85 bits per heavy atom. The first kappa shape index (κ1) is 23.9. The highest BCUT2D eigenvalue weighted by atomic mass is 19.2. The number of aryl methyl sites for hydroxylation is 1. The molecule has 0 atom stereocenters. The number of rotatable bonds is 8. The van der Waals surface area contributed by atoms with Gasteiger partial charge in [0.25, 0.3) is 0 Å². The van der Waals surface area contributed by atoms with E-state index in [9.17, 15) is 22.0 Å². The topological polar surface area (TPSA) is 0 Å².